The van der Waals surface area contributed by atoms with Gasteiger partial charge < -0.3 is 15.8 Å². The van der Waals surface area contributed by atoms with Crippen molar-refractivity contribution in [3.63, 3.8) is 0 Å². The molecule has 0 saturated heterocycles. The number of nitrogens with zero attached hydrogens (tertiary/aromatic N) is 3. The number of carbonyl (C=O) groups excluding carboxylic acids is 1. The van der Waals surface area contributed by atoms with Gasteiger partial charge >= 0.3 is 0 Å². The number of ether oxygens (including phenoxy) is 1. The number of benzene rings is 2. The van der Waals surface area contributed by atoms with Crippen LogP contribution in [-0.4, -0.2) is 28.0 Å². The van der Waals surface area contributed by atoms with E-state index in [1.807, 2.05) is 31.2 Å². The van der Waals surface area contributed by atoms with Gasteiger partial charge in [0, 0.05) is 11.8 Å². The van der Waals surface area contributed by atoms with Gasteiger partial charge in [0.15, 0.2) is 11.5 Å². The summed E-state index contributed by atoms with van der Waals surface area (Å²) in [7, 11) is 1.56. The average molecular weight is 323 g/mol. The fraction of sp³-hybridized carbons (Fsp3) is 0.118. The standard InChI is InChI=1S/C17H17N5O2/c1-11-5-3-7-13(9-11)22-16(18)15(20-21-22)17(23)19-12-6-4-8-14(10-12)24-2/h3-10H,18H2,1-2H3,(H,19,23). The second kappa shape index (κ2) is 6.41. The summed E-state index contributed by atoms with van der Waals surface area (Å²) in [5.74, 6) is 0.393. The summed E-state index contributed by atoms with van der Waals surface area (Å²) < 4.78 is 6.57. The van der Waals surface area contributed by atoms with Crippen molar-refractivity contribution < 1.29 is 9.53 Å². The Morgan fingerprint density at radius 3 is 2.75 bits per heavy atom. The molecule has 1 amide bonds. The molecule has 0 aliphatic carbocycles. The number of nitrogens with two attached hydrogens (primary N) is 1. The molecule has 7 nitrogen and oxygen atoms in total. The van der Waals surface area contributed by atoms with E-state index in [0.717, 1.165) is 11.3 Å². The number of hydrogen-bond acceptors (Lipinski definition) is 5. The number of methoxy groups -OCH3 is 1. The fourth-order valence-electron chi connectivity index (χ4n) is 2.29. The van der Waals surface area contributed by atoms with Crippen molar-refractivity contribution in [3.05, 3.63) is 59.8 Å². The molecule has 1 heterocycles. The minimum absolute atomic E-state index is 0.0688. The van der Waals surface area contributed by atoms with Crippen LogP contribution in [0.15, 0.2) is 48.5 Å². The van der Waals surface area contributed by atoms with Gasteiger partial charge in [-0.15, -0.1) is 5.10 Å². The van der Waals surface area contributed by atoms with Crippen LogP contribution in [-0.2, 0) is 0 Å². The summed E-state index contributed by atoms with van der Waals surface area (Å²) in [4.78, 5) is 12.4. The summed E-state index contributed by atoms with van der Waals surface area (Å²) in [6.07, 6.45) is 0. The maximum absolute atomic E-state index is 12.4. The van der Waals surface area contributed by atoms with Gasteiger partial charge in [-0.3, -0.25) is 4.79 Å². The van der Waals surface area contributed by atoms with Crippen LogP contribution in [0, 0.1) is 6.92 Å². The van der Waals surface area contributed by atoms with Crippen molar-refractivity contribution in [2.45, 2.75) is 6.92 Å². The summed E-state index contributed by atoms with van der Waals surface area (Å²) >= 11 is 0. The predicted octanol–water partition coefficient (Wildman–Crippen LogP) is 2.42. The third-order valence-corrected chi connectivity index (χ3v) is 3.49. The van der Waals surface area contributed by atoms with Crippen LogP contribution < -0.4 is 15.8 Å². The maximum atomic E-state index is 12.4. The second-order valence-electron chi connectivity index (χ2n) is 5.26. The zero-order valence-electron chi connectivity index (χ0n) is 13.4. The quantitative estimate of drug-likeness (QED) is 0.769. The van der Waals surface area contributed by atoms with Gasteiger partial charge in [-0.25, -0.2) is 0 Å². The van der Waals surface area contributed by atoms with Crippen molar-refractivity contribution >= 4 is 17.4 Å². The number of carbonyl (C=O) groups is 1. The smallest absolute Gasteiger partial charge is 0.280 e. The van der Waals surface area contributed by atoms with Crippen molar-refractivity contribution in [1.29, 1.82) is 0 Å². The molecule has 0 unspecified atom stereocenters. The number of amides is 1. The van der Waals surface area contributed by atoms with Gasteiger partial charge in [-0.1, -0.05) is 23.4 Å². The summed E-state index contributed by atoms with van der Waals surface area (Å²) in [5.41, 5.74) is 8.51. The lowest BCUT2D eigenvalue weighted by atomic mass is 10.2. The molecule has 122 valence electrons. The van der Waals surface area contributed by atoms with Gasteiger partial charge in [0.1, 0.15) is 5.75 Å². The molecule has 0 saturated carbocycles. The van der Waals surface area contributed by atoms with Crippen LogP contribution >= 0.6 is 0 Å². The van der Waals surface area contributed by atoms with Crippen LogP contribution in [0.1, 0.15) is 16.1 Å². The Morgan fingerprint density at radius 2 is 2.00 bits per heavy atom. The average Bonchev–Trinajstić information content (AvgIpc) is 2.96. The summed E-state index contributed by atoms with van der Waals surface area (Å²) in [6, 6.07) is 14.6. The number of aromatic nitrogens is 3. The lowest BCUT2D eigenvalue weighted by Crippen LogP contribution is -2.15. The monoisotopic (exact) mass is 323 g/mol. The molecule has 0 radical (unpaired) electrons. The second-order valence-corrected chi connectivity index (χ2v) is 5.26. The summed E-state index contributed by atoms with van der Waals surface area (Å²) in [6.45, 7) is 1.97. The topological polar surface area (TPSA) is 95.1 Å². The lowest BCUT2D eigenvalue weighted by molar-refractivity contribution is 0.102. The Balaban J connectivity index is 1.86. The first kappa shape index (κ1) is 15.5. The van der Waals surface area contributed by atoms with Gasteiger partial charge in [0.25, 0.3) is 5.91 Å². The van der Waals surface area contributed by atoms with E-state index < -0.39 is 5.91 Å². The van der Waals surface area contributed by atoms with Crippen LogP contribution in [0.5, 0.6) is 5.75 Å². The zero-order chi connectivity index (χ0) is 17.1. The molecular formula is C17H17N5O2. The first-order valence-electron chi connectivity index (χ1n) is 7.32. The Labute approximate surface area is 139 Å². The van der Waals surface area contributed by atoms with Gasteiger partial charge in [0.05, 0.1) is 12.8 Å². The third kappa shape index (κ3) is 3.05. The Morgan fingerprint density at radius 1 is 1.21 bits per heavy atom. The molecule has 24 heavy (non-hydrogen) atoms. The molecule has 3 rings (SSSR count). The zero-order valence-corrected chi connectivity index (χ0v) is 13.4. The van der Waals surface area contributed by atoms with Crippen molar-refractivity contribution in [2.24, 2.45) is 0 Å². The first-order valence-corrected chi connectivity index (χ1v) is 7.32. The molecule has 0 aliphatic rings. The van der Waals surface area contributed by atoms with E-state index in [1.165, 1.54) is 4.68 Å². The SMILES string of the molecule is COc1cccc(NC(=O)c2nnn(-c3cccc(C)c3)c2N)c1. The number of hydrogen-bond donors (Lipinski definition) is 2. The lowest BCUT2D eigenvalue weighted by Gasteiger charge is -2.06. The predicted molar refractivity (Wildman–Crippen MR) is 91.5 cm³/mol. The molecular weight excluding hydrogens is 306 g/mol. The molecule has 0 spiro atoms. The number of aryl methyl sites for hydroxylation is 1. The van der Waals surface area contributed by atoms with Gasteiger partial charge in [-0.2, -0.15) is 4.68 Å². The molecule has 0 bridgehead atoms. The minimum atomic E-state index is -0.431. The van der Waals surface area contributed by atoms with E-state index >= 15 is 0 Å². The number of nitrogens with one attached hydrogen (secondary N) is 1. The van der Waals surface area contributed by atoms with E-state index in [-0.39, 0.29) is 11.5 Å². The molecule has 2 aromatic carbocycles. The minimum Gasteiger partial charge on any atom is -0.497 e. The molecule has 0 aliphatic heterocycles. The summed E-state index contributed by atoms with van der Waals surface area (Å²) in [5, 5.41) is 10.6. The number of rotatable bonds is 4. The van der Waals surface area contributed by atoms with Crippen molar-refractivity contribution in [1.82, 2.24) is 15.0 Å². The van der Waals surface area contributed by atoms with E-state index in [0.29, 0.717) is 11.4 Å². The largest absolute Gasteiger partial charge is 0.497 e. The molecule has 3 N–H and O–H groups in total. The van der Waals surface area contributed by atoms with Crippen LogP contribution in [0.3, 0.4) is 0 Å². The van der Waals surface area contributed by atoms with Crippen molar-refractivity contribution in [2.75, 3.05) is 18.2 Å². The van der Waals surface area contributed by atoms with Crippen LogP contribution in [0.25, 0.3) is 5.69 Å². The van der Waals surface area contributed by atoms with E-state index in [4.69, 9.17) is 10.5 Å². The highest BCUT2D eigenvalue weighted by Crippen LogP contribution is 2.20. The molecule has 3 aromatic rings. The third-order valence-electron chi connectivity index (χ3n) is 3.49. The Bertz CT molecular complexity index is 888. The normalized spacial score (nSPS) is 10.4. The highest BCUT2D eigenvalue weighted by atomic mass is 16.5. The van der Waals surface area contributed by atoms with E-state index in [1.54, 1.807) is 31.4 Å². The fourth-order valence-corrected chi connectivity index (χ4v) is 2.29. The highest BCUT2D eigenvalue weighted by molar-refractivity contribution is 6.05. The molecule has 0 fully saturated rings. The first-order chi connectivity index (χ1) is 11.6. The number of nitrogen functional groups attached to an aromatic ring is 1. The number of anilines is 2. The van der Waals surface area contributed by atoms with E-state index in [2.05, 4.69) is 15.6 Å². The van der Waals surface area contributed by atoms with Gasteiger partial charge in [-0.05, 0) is 36.8 Å². The highest BCUT2D eigenvalue weighted by Gasteiger charge is 2.18. The van der Waals surface area contributed by atoms with Gasteiger partial charge in [0.2, 0.25) is 0 Å². The van der Waals surface area contributed by atoms with Crippen LogP contribution in [0.2, 0.25) is 0 Å². The Hall–Kier alpha value is -3.35. The van der Waals surface area contributed by atoms with Crippen LogP contribution in [0.4, 0.5) is 11.5 Å². The molecule has 1 aromatic heterocycles. The van der Waals surface area contributed by atoms with Crippen molar-refractivity contribution in [3.8, 4) is 11.4 Å². The molecule has 0 atom stereocenters. The molecule has 7 heteroatoms. The maximum Gasteiger partial charge on any atom is 0.280 e. The Kier molecular flexibility index (Phi) is 4.15. The van der Waals surface area contributed by atoms with E-state index in [9.17, 15) is 4.79 Å².